The largest absolute Gasteiger partial charge is 0.481 e. The van der Waals surface area contributed by atoms with Crippen molar-refractivity contribution in [3.63, 3.8) is 0 Å². The van der Waals surface area contributed by atoms with Gasteiger partial charge in [0.15, 0.2) is 0 Å². The molecule has 0 bridgehead atoms. The molecule has 1 atom stereocenters. The summed E-state index contributed by atoms with van der Waals surface area (Å²) in [7, 11) is 0. The summed E-state index contributed by atoms with van der Waals surface area (Å²) in [5.41, 5.74) is 1.38. The van der Waals surface area contributed by atoms with E-state index in [2.05, 4.69) is 37.3 Å². The monoisotopic (exact) mass is 360 g/mol. The molecule has 1 rings (SSSR count). The Morgan fingerprint density at radius 1 is 0.769 bits per heavy atom. The zero-order chi connectivity index (χ0) is 18.9. The maximum Gasteiger partial charge on any atom is 0.303 e. The number of hydrogen-bond donors (Lipinski definition) is 1. The Kier molecular flexibility index (Phi) is 13.9. The molecular formula is C24H40O2. The van der Waals surface area contributed by atoms with E-state index < -0.39 is 5.97 Å². The molecular weight excluding hydrogens is 320 g/mol. The zero-order valence-corrected chi connectivity index (χ0v) is 16.9. The molecule has 26 heavy (non-hydrogen) atoms. The van der Waals surface area contributed by atoms with Crippen LogP contribution in [0.2, 0.25) is 0 Å². The molecule has 1 aromatic rings. The quantitative estimate of drug-likeness (QED) is 0.289. The Balaban J connectivity index is 2.12. The van der Waals surface area contributed by atoms with Crippen LogP contribution in [0.3, 0.4) is 0 Å². The van der Waals surface area contributed by atoms with Crippen molar-refractivity contribution >= 4 is 5.97 Å². The Morgan fingerprint density at radius 3 is 1.81 bits per heavy atom. The van der Waals surface area contributed by atoms with E-state index in [1.54, 1.807) is 0 Å². The van der Waals surface area contributed by atoms with Crippen LogP contribution in [0.25, 0.3) is 0 Å². The maximum absolute atomic E-state index is 10.8. The summed E-state index contributed by atoms with van der Waals surface area (Å²) >= 11 is 0. The molecule has 0 spiro atoms. The van der Waals surface area contributed by atoms with Gasteiger partial charge < -0.3 is 5.11 Å². The number of hydrogen-bond acceptors (Lipinski definition) is 1. The highest BCUT2D eigenvalue weighted by molar-refractivity contribution is 5.66. The van der Waals surface area contributed by atoms with Crippen LogP contribution < -0.4 is 0 Å². The number of aliphatic carboxylic acids is 1. The molecule has 0 aliphatic rings. The molecule has 0 amide bonds. The lowest BCUT2D eigenvalue weighted by Gasteiger charge is -2.17. The summed E-state index contributed by atoms with van der Waals surface area (Å²) in [5.74, 6) is -0.152. The third-order valence-corrected chi connectivity index (χ3v) is 5.37. The second-order valence-electron chi connectivity index (χ2n) is 7.72. The van der Waals surface area contributed by atoms with Gasteiger partial charge in [-0.1, -0.05) is 108 Å². The summed E-state index contributed by atoms with van der Waals surface area (Å²) in [6.45, 7) is 2.27. The molecule has 0 aromatic heterocycles. The maximum atomic E-state index is 10.8. The molecule has 1 N–H and O–H groups in total. The highest BCUT2D eigenvalue weighted by Crippen LogP contribution is 2.28. The summed E-state index contributed by atoms with van der Waals surface area (Å²) < 4.78 is 0. The number of unbranched alkanes of at least 4 members (excludes halogenated alkanes) is 10. The molecule has 0 heterocycles. The Bertz CT molecular complexity index is 441. The minimum atomic E-state index is -0.675. The minimum Gasteiger partial charge on any atom is -0.481 e. The van der Waals surface area contributed by atoms with Crippen molar-refractivity contribution in [2.24, 2.45) is 0 Å². The third-order valence-electron chi connectivity index (χ3n) is 5.37. The van der Waals surface area contributed by atoms with Crippen LogP contribution in [0.5, 0.6) is 0 Å². The standard InChI is InChI=1S/C24H40O2/c1-2-3-4-5-6-7-8-9-10-11-13-17-23(20-16-21-24(25)26)22-18-14-12-15-19-22/h12,14-15,18-19,23H,2-11,13,16-17,20-21H2,1H3,(H,25,26). The first-order valence-corrected chi connectivity index (χ1v) is 11.0. The lowest BCUT2D eigenvalue weighted by atomic mass is 9.88. The van der Waals surface area contributed by atoms with E-state index in [4.69, 9.17) is 5.11 Å². The molecule has 1 unspecified atom stereocenters. The number of carboxylic acid groups (broad SMARTS) is 1. The number of rotatable bonds is 17. The van der Waals surface area contributed by atoms with Crippen LogP contribution in [0, 0.1) is 0 Å². The Labute approximate surface area is 161 Å². The highest BCUT2D eigenvalue weighted by atomic mass is 16.4. The smallest absolute Gasteiger partial charge is 0.303 e. The first kappa shape index (κ1) is 22.7. The number of carboxylic acids is 1. The van der Waals surface area contributed by atoms with Crippen LogP contribution in [0.4, 0.5) is 0 Å². The fraction of sp³-hybridized carbons (Fsp3) is 0.708. The van der Waals surface area contributed by atoms with Crippen LogP contribution in [-0.2, 0) is 4.79 Å². The Morgan fingerprint density at radius 2 is 1.27 bits per heavy atom. The first-order chi connectivity index (χ1) is 12.7. The first-order valence-electron chi connectivity index (χ1n) is 11.0. The van der Waals surface area contributed by atoms with Gasteiger partial charge in [0.25, 0.3) is 0 Å². The van der Waals surface area contributed by atoms with Crippen LogP contribution in [-0.4, -0.2) is 11.1 Å². The van der Waals surface area contributed by atoms with Gasteiger partial charge >= 0.3 is 5.97 Å². The number of carbonyl (C=O) groups is 1. The lowest BCUT2D eigenvalue weighted by molar-refractivity contribution is -0.137. The molecule has 2 nitrogen and oxygen atoms in total. The van der Waals surface area contributed by atoms with Crippen molar-refractivity contribution in [3.05, 3.63) is 35.9 Å². The van der Waals surface area contributed by atoms with E-state index in [1.165, 1.54) is 82.6 Å². The number of benzene rings is 1. The summed E-state index contributed by atoms with van der Waals surface area (Å²) in [5, 5.41) is 8.87. The predicted molar refractivity (Wildman–Crippen MR) is 112 cm³/mol. The normalized spacial score (nSPS) is 12.2. The van der Waals surface area contributed by atoms with Crippen molar-refractivity contribution in [1.29, 1.82) is 0 Å². The van der Waals surface area contributed by atoms with E-state index in [-0.39, 0.29) is 0 Å². The van der Waals surface area contributed by atoms with Crippen molar-refractivity contribution < 1.29 is 9.90 Å². The average Bonchev–Trinajstić information content (AvgIpc) is 2.65. The van der Waals surface area contributed by atoms with Gasteiger partial charge in [-0.2, -0.15) is 0 Å². The Hall–Kier alpha value is -1.31. The molecule has 0 radical (unpaired) electrons. The molecule has 0 aliphatic carbocycles. The lowest BCUT2D eigenvalue weighted by Crippen LogP contribution is -2.02. The molecule has 2 heteroatoms. The van der Waals surface area contributed by atoms with E-state index >= 15 is 0 Å². The topological polar surface area (TPSA) is 37.3 Å². The van der Waals surface area contributed by atoms with Crippen molar-refractivity contribution in [2.75, 3.05) is 0 Å². The van der Waals surface area contributed by atoms with Crippen LogP contribution >= 0.6 is 0 Å². The molecule has 0 aliphatic heterocycles. The summed E-state index contributed by atoms with van der Waals surface area (Å²) in [6, 6.07) is 10.6. The molecule has 0 fully saturated rings. The van der Waals surface area contributed by atoms with Gasteiger partial charge in [0.05, 0.1) is 0 Å². The van der Waals surface area contributed by atoms with Gasteiger partial charge in [0, 0.05) is 6.42 Å². The summed E-state index contributed by atoms with van der Waals surface area (Å²) in [4.78, 5) is 10.8. The second-order valence-corrected chi connectivity index (χ2v) is 7.72. The summed E-state index contributed by atoms with van der Waals surface area (Å²) in [6.07, 6.45) is 18.4. The highest BCUT2D eigenvalue weighted by Gasteiger charge is 2.11. The molecule has 0 saturated carbocycles. The van der Waals surface area contributed by atoms with E-state index in [0.717, 1.165) is 12.8 Å². The SMILES string of the molecule is CCCCCCCCCCCCCC(CCCC(=O)O)c1ccccc1. The van der Waals surface area contributed by atoms with Crippen molar-refractivity contribution in [3.8, 4) is 0 Å². The molecule has 0 saturated heterocycles. The average molecular weight is 361 g/mol. The fourth-order valence-electron chi connectivity index (χ4n) is 3.76. The van der Waals surface area contributed by atoms with Crippen LogP contribution in [0.15, 0.2) is 30.3 Å². The predicted octanol–water partition coefficient (Wildman–Crippen LogP) is 7.73. The van der Waals surface area contributed by atoms with Gasteiger partial charge in [-0.25, -0.2) is 0 Å². The van der Waals surface area contributed by atoms with Gasteiger partial charge in [0.1, 0.15) is 0 Å². The van der Waals surface area contributed by atoms with Crippen LogP contribution in [0.1, 0.15) is 115 Å². The van der Waals surface area contributed by atoms with Crippen molar-refractivity contribution in [2.45, 2.75) is 109 Å². The van der Waals surface area contributed by atoms with Crippen molar-refractivity contribution in [1.82, 2.24) is 0 Å². The second kappa shape index (κ2) is 15.9. The van der Waals surface area contributed by atoms with E-state index in [0.29, 0.717) is 12.3 Å². The fourth-order valence-corrected chi connectivity index (χ4v) is 3.76. The molecule has 148 valence electrons. The van der Waals surface area contributed by atoms with Gasteiger partial charge in [-0.3, -0.25) is 4.79 Å². The third kappa shape index (κ3) is 12.1. The molecule has 1 aromatic carbocycles. The van der Waals surface area contributed by atoms with Gasteiger partial charge in [-0.15, -0.1) is 0 Å². The zero-order valence-electron chi connectivity index (χ0n) is 16.9. The minimum absolute atomic E-state index is 0.293. The van der Waals surface area contributed by atoms with Gasteiger partial charge in [-0.05, 0) is 30.7 Å². The van der Waals surface area contributed by atoms with E-state index in [9.17, 15) is 4.79 Å². The van der Waals surface area contributed by atoms with Gasteiger partial charge in [0.2, 0.25) is 0 Å². The van der Waals surface area contributed by atoms with E-state index in [1.807, 2.05) is 0 Å².